The van der Waals surface area contributed by atoms with Gasteiger partial charge in [0.15, 0.2) is 0 Å². The van der Waals surface area contributed by atoms with Gasteiger partial charge < -0.3 is 25.0 Å². The molecule has 2 N–H and O–H groups in total. The number of benzene rings is 1. The van der Waals surface area contributed by atoms with Crippen molar-refractivity contribution in [2.45, 2.75) is 44.2 Å². The lowest BCUT2D eigenvalue weighted by Gasteiger charge is -2.32. The van der Waals surface area contributed by atoms with Crippen molar-refractivity contribution in [3.05, 3.63) is 42.4 Å². The van der Waals surface area contributed by atoms with Gasteiger partial charge in [-0.2, -0.15) is 0 Å². The lowest BCUT2D eigenvalue weighted by atomic mass is 9.92. The Bertz CT molecular complexity index is 1130. The second-order valence-corrected chi connectivity index (χ2v) is 9.07. The van der Waals surface area contributed by atoms with Crippen LogP contribution in [-0.2, 0) is 11.2 Å². The van der Waals surface area contributed by atoms with Crippen molar-refractivity contribution in [1.29, 1.82) is 0 Å². The van der Waals surface area contributed by atoms with Crippen molar-refractivity contribution >= 4 is 28.2 Å². The topological polar surface area (TPSA) is 84.4 Å². The van der Waals surface area contributed by atoms with Crippen LogP contribution in [-0.4, -0.2) is 59.9 Å². The maximum atomic E-state index is 6.56. The van der Waals surface area contributed by atoms with Crippen molar-refractivity contribution in [3.63, 3.8) is 0 Å². The first kappa shape index (κ1) is 20.5. The van der Waals surface area contributed by atoms with Crippen molar-refractivity contribution in [2.75, 3.05) is 48.4 Å². The summed E-state index contributed by atoms with van der Waals surface area (Å²) in [6.45, 7) is 4.27. The third-order valence-corrected chi connectivity index (χ3v) is 6.95. The van der Waals surface area contributed by atoms with Crippen molar-refractivity contribution in [3.8, 4) is 5.75 Å². The van der Waals surface area contributed by atoms with Gasteiger partial charge >= 0.3 is 0 Å². The van der Waals surface area contributed by atoms with Gasteiger partial charge in [0.25, 0.3) is 0 Å². The number of hydrogen-bond acceptors (Lipinski definition) is 8. The van der Waals surface area contributed by atoms with Crippen LogP contribution in [0, 0.1) is 0 Å². The van der Waals surface area contributed by atoms with E-state index in [1.165, 1.54) is 11.3 Å². The molecule has 1 aliphatic carbocycles. The zero-order chi connectivity index (χ0) is 22.0. The predicted octanol–water partition coefficient (Wildman–Crippen LogP) is 3.63. The summed E-state index contributed by atoms with van der Waals surface area (Å²) >= 11 is 0. The first-order valence-electron chi connectivity index (χ1n) is 12.1. The highest BCUT2D eigenvalue weighted by Gasteiger charge is 2.26. The largest absolute Gasteiger partial charge is 0.488 e. The van der Waals surface area contributed by atoms with Crippen LogP contribution in [0.25, 0.3) is 11.0 Å². The van der Waals surface area contributed by atoms with Gasteiger partial charge in [-0.1, -0.05) is 0 Å². The van der Waals surface area contributed by atoms with Gasteiger partial charge in [0.1, 0.15) is 17.1 Å². The van der Waals surface area contributed by atoms with E-state index in [9.17, 15) is 0 Å². The summed E-state index contributed by atoms with van der Waals surface area (Å²) < 4.78 is 12.1. The Kier molecular flexibility index (Phi) is 5.59. The molecule has 172 valence electrons. The number of hydrogen-bond donors (Lipinski definition) is 2. The number of fused-ring (bicyclic) bond motifs is 2. The van der Waals surface area contributed by atoms with Crippen molar-refractivity contribution in [1.82, 2.24) is 15.0 Å². The van der Waals surface area contributed by atoms with Crippen LogP contribution >= 0.6 is 0 Å². The molecule has 33 heavy (non-hydrogen) atoms. The van der Waals surface area contributed by atoms with Crippen LogP contribution in [0.1, 0.15) is 31.2 Å². The van der Waals surface area contributed by atoms with Crippen LogP contribution < -0.4 is 20.3 Å². The molecule has 1 aromatic carbocycles. The highest BCUT2D eigenvalue weighted by molar-refractivity contribution is 5.85. The highest BCUT2D eigenvalue weighted by atomic mass is 16.5. The normalized spacial score (nSPS) is 22.6. The summed E-state index contributed by atoms with van der Waals surface area (Å²) in [4.78, 5) is 16.1. The second kappa shape index (κ2) is 9.02. The highest BCUT2D eigenvalue weighted by Crippen LogP contribution is 2.34. The zero-order valence-electron chi connectivity index (χ0n) is 18.8. The smallest absolute Gasteiger partial charge is 0.149 e. The van der Waals surface area contributed by atoms with Crippen molar-refractivity contribution in [2.24, 2.45) is 0 Å². The Morgan fingerprint density at radius 1 is 1.00 bits per heavy atom. The minimum Gasteiger partial charge on any atom is -0.488 e. The van der Waals surface area contributed by atoms with Crippen LogP contribution in [0.5, 0.6) is 5.75 Å². The number of morpholine rings is 1. The monoisotopic (exact) mass is 446 g/mol. The summed E-state index contributed by atoms with van der Waals surface area (Å²) in [5.41, 5.74) is 5.39. The molecule has 3 aliphatic rings. The molecule has 2 aromatic heterocycles. The molecule has 6 rings (SSSR count). The molecule has 8 nitrogen and oxygen atoms in total. The number of ether oxygens (including phenoxy) is 2. The third-order valence-electron chi connectivity index (χ3n) is 6.95. The first-order valence-corrected chi connectivity index (χ1v) is 12.1. The molecule has 0 unspecified atom stereocenters. The molecule has 0 atom stereocenters. The maximum absolute atomic E-state index is 6.56. The third kappa shape index (κ3) is 4.27. The van der Waals surface area contributed by atoms with Crippen molar-refractivity contribution < 1.29 is 9.47 Å². The van der Waals surface area contributed by atoms with Gasteiger partial charge in [-0.25, -0.2) is 9.97 Å². The Labute approximate surface area is 193 Å². The molecular weight excluding hydrogens is 416 g/mol. The SMILES string of the molecule is c1cc2c(c(N[C@H]3CC[C@@H](Oc4cc(N5CCOCC5)cc5nccnc45)CC3)n1)CCN2. The number of rotatable bonds is 5. The molecule has 1 saturated carbocycles. The quantitative estimate of drug-likeness (QED) is 0.615. The van der Waals surface area contributed by atoms with E-state index in [4.69, 9.17) is 9.47 Å². The molecule has 2 aliphatic heterocycles. The van der Waals surface area contributed by atoms with E-state index in [1.54, 1.807) is 12.4 Å². The van der Waals surface area contributed by atoms with E-state index >= 15 is 0 Å². The van der Waals surface area contributed by atoms with Crippen LogP contribution in [0.15, 0.2) is 36.8 Å². The Hall–Kier alpha value is -3.13. The standard InChI is InChI=1S/C25H30N6O2/c1-3-19(4-2-17(1)30-25-20-5-7-26-21(20)6-8-29-25)33-23-16-18(31-11-13-32-14-12-31)15-22-24(23)28-10-9-27-22/h6,8-10,15-17,19,26H,1-5,7,11-14H2,(H,29,30)/t17-,19+. The van der Waals surface area contributed by atoms with Crippen LogP contribution in [0.4, 0.5) is 17.2 Å². The van der Waals surface area contributed by atoms with Crippen LogP contribution in [0.2, 0.25) is 0 Å². The molecule has 0 spiro atoms. The first-order chi connectivity index (χ1) is 16.3. The molecule has 0 radical (unpaired) electrons. The van der Waals surface area contributed by atoms with Gasteiger partial charge in [-0.3, -0.25) is 4.98 Å². The van der Waals surface area contributed by atoms with E-state index in [0.717, 1.165) is 93.2 Å². The molecule has 3 aromatic rings. The molecule has 0 amide bonds. The summed E-state index contributed by atoms with van der Waals surface area (Å²) in [5, 5.41) is 7.13. The molecule has 8 heteroatoms. The lowest BCUT2D eigenvalue weighted by Crippen LogP contribution is -2.36. The number of anilines is 3. The summed E-state index contributed by atoms with van der Waals surface area (Å²) in [6.07, 6.45) is 10.7. The average molecular weight is 447 g/mol. The fraction of sp³-hybridized carbons (Fsp3) is 0.480. The molecule has 2 fully saturated rings. The van der Waals surface area contributed by atoms with E-state index < -0.39 is 0 Å². The van der Waals surface area contributed by atoms with Gasteiger partial charge in [0, 0.05) is 67.3 Å². The molecule has 1 saturated heterocycles. The number of nitrogens with zero attached hydrogens (tertiary/aromatic N) is 4. The maximum Gasteiger partial charge on any atom is 0.149 e. The average Bonchev–Trinajstić information content (AvgIpc) is 3.36. The summed E-state index contributed by atoms with van der Waals surface area (Å²) in [6, 6.07) is 6.75. The second-order valence-electron chi connectivity index (χ2n) is 9.07. The minimum absolute atomic E-state index is 0.185. The Morgan fingerprint density at radius 3 is 2.73 bits per heavy atom. The van der Waals surface area contributed by atoms with Gasteiger partial charge in [-0.15, -0.1) is 0 Å². The minimum atomic E-state index is 0.185. The van der Waals surface area contributed by atoms with Gasteiger partial charge in [0.05, 0.1) is 24.8 Å². The van der Waals surface area contributed by atoms with Gasteiger partial charge in [0.2, 0.25) is 0 Å². The van der Waals surface area contributed by atoms with Crippen LogP contribution in [0.3, 0.4) is 0 Å². The summed E-state index contributed by atoms with van der Waals surface area (Å²) in [5.74, 6) is 1.88. The van der Waals surface area contributed by atoms with E-state index in [0.29, 0.717) is 6.04 Å². The van der Waals surface area contributed by atoms with E-state index in [2.05, 4.69) is 48.7 Å². The lowest BCUT2D eigenvalue weighted by molar-refractivity contribution is 0.122. The number of aromatic nitrogens is 3. The van der Waals surface area contributed by atoms with E-state index in [1.807, 2.05) is 6.20 Å². The van der Waals surface area contributed by atoms with E-state index in [-0.39, 0.29) is 6.10 Å². The molecule has 4 heterocycles. The number of nitrogens with one attached hydrogen (secondary N) is 2. The Morgan fingerprint density at radius 2 is 1.85 bits per heavy atom. The number of pyridine rings is 1. The molecular formula is C25H30N6O2. The summed E-state index contributed by atoms with van der Waals surface area (Å²) in [7, 11) is 0. The fourth-order valence-electron chi connectivity index (χ4n) is 5.18. The predicted molar refractivity (Wildman–Crippen MR) is 129 cm³/mol. The zero-order valence-corrected chi connectivity index (χ0v) is 18.8. The Balaban J connectivity index is 1.15. The van der Waals surface area contributed by atoms with Gasteiger partial charge in [-0.05, 0) is 44.2 Å². The fourth-order valence-corrected chi connectivity index (χ4v) is 5.18. The molecule has 0 bridgehead atoms.